The fourth-order valence-corrected chi connectivity index (χ4v) is 1.77. The zero-order valence-corrected chi connectivity index (χ0v) is 7.81. The number of morpholine rings is 1. The molecule has 0 aromatic rings. The summed E-state index contributed by atoms with van der Waals surface area (Å²) in [5, 5.41) is 3.36. The van der Waals surface area contributed by atoms with Gasteiger partial charge >= 0.3 is 0 Å². The van der Waals surface area contributed by atoms with Crippen LogP contribution < -0.4 is 5.32 Å². The Balaban J connectivity index is 2.37. The third-order valence-corrected chi connectivity index (χ3v) is 2.07. The minimum Gasteiger partial charge on any atom is -0.373 e. The van der Waals surface area contributed by atoms with Gasteiger partial charge in [-0.05, 0) is 19.3 Å². The Morgan fingerprint density at radius 2 is 2.27 bits per heavy atom. The van der Waals surface area contributed by atoms with E-state index >= 15 is 0 Å². The van der Waals surface area contributed by atoms with Crippen molar-refractivity contribution in [1.29, 1.82) is 0 Å². The van der Waals surface area contributed by atoms with Gasteiger partial charge in [0.15, 0.2) is 0 Å². The third kappa shape index (κ3) is 2.80. The van der Waals surface area contributed by atoms with Gasteiger partial charge in [-0.1, -0.05) is 13.8 Å². The van der Waals surface area contributed by atoms with Crippen LogP contribution in [0.4, 0.5) is 0 Å². The normalized spacial score (nSPS) is 32.7. The first-order valence-corrected chi connectivity index (χ1v) is 4.47. The molecule has 0 bridgehead atoms. The fraction of sp³-hybridized carbons (Fsp3) is 1.00. The zero-order chi connectivity index (χ0) is 8.32. The number of hydrogen-bond acceptors (Lipinski definition) is 2. The summed E-state index contributed by atoms with van der Waals surface area (Å²) >= 11 is 0. The second-order valence-corrected chi connectivity index (χ2v) is 4.07. The zero-order valence-electron chi connectivity index (χ0n) is 7.81. The molecule has 1 saturated heterocycles. The summed E-state index contributed by atoms with van der Waals surface area (Å²) in [6, 6.07) is 0. The molecule has 0 aliphatic carbocycles. The van der Waals surface area contributed by atoms with E-state index in [1.54, 1.807) is 0 Å². The summed E-state index contributed by atoms with van der Waals surface area (Å²) in [6.07, 6.45) is 1.15. The molecule has 2 heteroatoms. The summed E-state index contributed by atoms with van der Waals surface area (Å²) in [5.74, 6) is 0.722. The third-order valence-electron chi connectivity index (χ3n) is 2.07. The van der Waals surface area contributed by atoms with Crippen LogP contribution in [0.3, 0.4) is 0 Å². The van der Waals surface area contributed by atoms with Crippen LogP contribution in [-0.4, -0.2) is 25.3 Å². The standard InChI is InChI=1S/C9H19NO/c1-8(2)6-9(3)7-10-4-5-11-9/h8,10H,4-7H2,1-3H3. The second kappa shape index (κ2) is 3.55. The van der Waals surface area contributed by atoms with Gasteiger partial charge in [0, 0.05) is 13.1 Å². The quantitative estimate of drug-likeness (QED) is 0.654. The van der Waals surface area contributed by atoms with Gasteiger partial charge in [-0.3, -0.25) is 0 Å². The minimum absolute atomic E-state index is 0.0897. The lowest BCUT2D eigenvalue weighted by atomic mass is 9.93. The van der Waals surface area contributed by atoms with E-state index in [9.17, 15) is 0 Å². The molecule has 1 N–H and O–H groups in total. The predicted octanol–water partition coefficient (Wildman–Crippen LogP) is 1.41. The maximum atomic E-state index is 5.71. The highest BCUT2D eigenvalue weighted by Crippen LogP contribution is 2.21. The number of rotatable bonds is 2. The summed E-state index contributed by atoms with van der Waals surface area (Å²) in [4.78, 5) is 0. The average Bonchev–Trinajstić information content (AvgIpc) is 1.85. The van der Waals surface area contributed by atoms with Gasteiger partial charge < -0.3 is 10.1 Å². The number of hydrogen-bond donors (Lipinski definition) is 1. The molecule has 1 atom stereocenters. The summed E-state index contributed by atoms with van der Waals surface area (Å²) in [5.41, 5.74) is 0.0897. The van der Waals surface area contributed by atoms with E-state index in [0.717, 1.165) is 32.0 Å². The van der Waals surface area contributed by atoms with Crippen molar-refractivity contribution in [3.8, 4) is 0 Å². The Hall–Kier alpha value is -0.0800. The van der Waals surface area contributed by atoms with E-state index in [0.29, 0.717) is 0 Å². The van der Waals surface area contributed by atoms with Gasteiger partial charge in [0.25, 0.3) is 0 Å². The van der Waals surface area contributed by atoms with Crippen molar-refractivity contribution in [2.24, 2.45) is 5.92 Å². The molecule has 11 heavy (non-hydrogen) atoms. The molecule has 1 unspecified atom stereocenters. The lowest BCUT2D eigenvalue weighted by molar-refractivity contribution is -0.0645. The van der Waals surface area contributed by atoms with Crippen molar-refractivity contribution in [3.05, 3.63) is 0 Å². The van der Waals surface area contributed by atoms with Gasteiger partial charge in [-0.25, -0.2) is 0 Å². The Morgan fingerprint density at radius 1 is 1.55 bits per heavy atom. The topological polar surface area (TPSA) is 21.3 Å². The van der Waals surface area contributed by atoms with Crippen LogP contribution in [0.15, 0.2) is 0 Å². The fourth-order valence-electron chi connectivity index (χ4n) is 1.77. The predicted molar refractivity (Wildman–Crippen MR) is 46.7 cm³/mol. The molecule has 1 heterocycles. The molecule has 2 nitrogen and oxygen atoms in total. The van der Waals surface area contributed by atoms with E-state index in [4.69, 9.17) is 4.74 Å². The van der Waals surface area contributed by atoms with Gasteiger partial charge in [-0.2, -0.15) is 0 Å². The molecule has 0 aromatic heterocycles. The Labute approximate surface area is 69.3 Å². The average molecular weight is 157 g/mol. The first kappa shape index (κ1) is 9.01. The van der Waals surface area contributed by atoms with Crippen LogP contribution in [0.25, 0.3) is 0 Å². The van der Waals surface area contributed by atoms with Gasteiger partial charge in [0.1, 0.15) is 0 Å². The highest BCUT2D eigenvalue weighted by atomic mass is 16.5. The molecule has 0 radical (unpaired) electrons. The van der Waals surface area contributed by atoms with E-state index in [-0.39, 0.29) is 5.60 Å². The van der Waals surface area contributed by atoms with Crippen molar-refractivity contribution in [1.82, 2.24) is 5.32 Å². The molecule has 1 fully saturated rings. The van der Waals surface area contributed by atoms with E-state index in [1.165, 1.54) is 0 Å². The van der Waals surface area contributed by atoms with Crippen molar-refractivity contribution < 1.29 is 4.74 Å². The highest BCUT2D eigenvalue weighted by molar-refractivity contribution is 4.82. The van der Waals surface area contributed by atoms with E-state index in [1.807, 2.05) is 0 Å². The highest BCUT2D eigenvalue weighted by Gasteiger charge is 2.28. The van der Waals surface area contributed by atoms with Gasteiger partial charge in [-0.15, -0.1) is 0 Å². The smallest absolute Gasteiger partial charge is 0.0781 e. The molecule has 1 aliphatic rings. The monoisotopic (exact) mass is 157 g/mol. The molecular formula is C9H19NO. The maximum Gasteiger partial charge on any atom is 0.0781 e. The minimum atomic E-state index is 0.0897. The SMILES string of the molecule is CC(C)CC1(C)CNCCO1. The lowest BCUT2D eigenvalue weighted by Gasteiger charge is -2.35. The molecule has 1 rings (SSSR count). The van der Waals surface area contributed by atoms with Crippen molar-refractivity contribution >= 4 is 0 Å². The van der Waals surface area contributed by atoms with Crippen LogP contribution in [0.1, 0.15) is 27.2 Å². The van der Waals surface area contributed by atoms with Crippen LogP contribution in [-0.2, 0) is 4.74 Å². The van der Waals surface area contributed by atoms with Crippen LogP contribution in [0.5, 0.6) is 0 Å². The molecule has 66 valence electrons. The second-order valence-electron chi connectivity index (χ2n) is 4.07. The van der Waals surface area contributed by atoms with Crippen molar-refractivity contribution in [2.75, 3.05) is 19.7 Å². The van der Waals surface area contributed by atoms with Crippen molar-refractivity contribution in [3.63, 3.8) is 0 Å². The summed E-state index contributed by atoms with van der Waals surface area (Å²) in [7, 11) is 0. The first-order chi connectivity index (χ1) is 5.12. The van der Waals surface area contributed by atoms with E-state index < -0.39 is 0 Å². The van der Waals surface area contributed by atoms with Gasteiger partial charge in [0.05, 0.1) is 12.2 Å². The lowest BCUT2D eigenvalue weighted by Crippen LogP contribution is -2.48. The van der Waals surface area contributed by atoms with Crippen molar-refractivity contribution in [2.45, 2.75) is 32.8 Å². The maximum absolute atomic E-state index is 5.71. The molecule has 0 spiro atoms. The summed E-state index contributed by atoms with van der Waals surface area (Å²) < 4.78 is 5.71. The molecule has 1 aliphatic heterocycles. The van der Waals surface area contributed by atoms with Crippen LogP contribution >= 0.6 is 0 Å². The van der Waals surface area contributed by atoms with Crippen LogP contribution in [0, 0.1) is 5.92 Å². The van der Waals surface area contributed by atoms with Gasteiger partial charge in [0.2, 0.25) is 0 Å². The molecular weight excluding hydrogens is 138 g/mol. The number of nitrogens with one attached hydrogen (secondary N) is 1. The molecule has 0 saturated carbocycles. The first-order valence-electron chi connectivity index (χ1n) is 4.47. The summed E-state index contributed by atoms with van der Waals surface area (Å²) in [6.45, 7) is 9.55. The Morgan fingerprint density at radius 3 is 2.73 bits per heavy atom. The largest absolute Gasteiger partial charge is 0.373 e. The van der Waals surface area contributed by atoms with Crippen LogP contribution in [0.2, 0.25) is 0 Å². The molecule has 0 aromatic carbocycles. The Kier molecular flexibility index (Phi) is 2.90. The molecule has 0 amide bonds. The van der Waals surface area contributed by atoms with E-state index in [2.05, 4.69) is 26.1 Å². The Bertz CT molecular complexity index is 117. The number of ether oxygens (including phenoxy) is 1.